The molecule has 0 aliphatic heterocycles. The zero-order valence-electron chi connectivity index (χ0n) is 10.5. The number of hydrogen-bond acceptors (Lipinski definition) is 5. The molecule has 0 saturated heterocycles. The van der Waals surface area contributed by atoms with Gasteiger partial charge in [-0.25, -0.2) is 0 Å². The Kier molecular flexibility index (Phi) is 3.94. The zero-order valence-corrected chi connectivity index (χ0v) is 10.5. The molecular weight excluding hydrogens is 232 g/mol. The molecular formula is C13H16N2O3. The van der Waals surface area contributed by atoms with Crippen molar-refractivity contribution in [3.8, 4) is 5.75 Å². The highest BCUT2D eigenvalue weighted by Crippen LogP contribution is 2.15. The fourth-order valence-corrected chi connectivity index (χ4v) is 1.67. The molecule has 0 aliphatic carbocycles. The number of aliphatic hydroxyl groups is 1. The summed E-state index contributed by atoms with van der Waals surface area (Å²) in [7, 11) is 1.63. The Morgan fingerprint density at radius 3 is 3.00 bits per heavy atom. The predicted molar refractivity (Wildman–Crippen MR) is 65.5 cm³/mol. The van der Waals surface area contributed by atoms with Gasteiger partial charge in [0.25, 0.3) is 0 Å². The van der Waals surface area contributed by atoms with E-state index in [1.807, 2.05) is 24.3 Å². The quantitative estimate of drug-likeness (QED) is 0.870. The van der Waals surface area contributed by atoms with Crippen LogP contribution in [0.15, 0.2) is 28.8 Å². The molecule has 1 atom stereocenters. The Balaban J connectivity index is 2.06. The zero-order chi connectivity index (χ0) is 13.0. The predicted octanol–water partition coefficient (Wildman–Crippen LogP) is 1.59. The molecule has 2 aromatic rings. The van der Waals surface area contributed by atoms with Gasteiger partial charge in [0.15, 0.2) is 5.82 Å². The molecule has 96 valence electrons. The summed E-state index contributed by atoms with van der Waals surface area (Å²) in [6.07, 6.45) is 0.498. The number of aromatic nitrogens is 2. The van der Waals surface area contributed by atoms with Crippen LogP contribution in [0.5, 0.6) is 5.75 Å². The number of hydrogen-bond donors (Lipinski definition) is 1. The van der Waals surface area contributed by atoms with Crippen LogP contribution in [0.3, 0.4) is 0 Å². The van der Waals surface area contributed by atoms with Crippen molar-refractivity contribution in [3.05, 3.63) is 41.5 Å². The summed E-state index contributed by atoms with van der Waals surface area (Å²) in [6, 6.07) is 7.71. The highest BCUT2D eigenvalue weighted by Gasteiger charge is 2.09. The lowest BCUT2D eigenvalue weighted by atomic mass is 10.1. The number of methoxy groups -OCH3 is 1. The van der Waals surface area contributed by atoms with Crippen LogP contribution in [0.25, 0.3) is 0 Å². The third-order valence-corrected chi connectivity index (χ3v) is 2.48. The maximum Gasteiger partial charge on any atom is 0.231 e. The maximum absolute atomic E-state index is 9.23. The lowest BCUT2D eigenvalue weighted by Crippen LogP contribution is -2.05. The van der Waals surface area contributed by atoms with E-state index in [0.29, 0.717) is 24.6 Å². The van der Waals surface area contributed by atoms with Crippen LogP contribution in [0, 0.1) is 0 Å². The number of benzene rings is 1. The second kappa shape index (κ2) is 5.64. The third-order valence-electron chi connectivity index (χ3n) is 2.48. The smallest absolute Gasteiger partial charge is 0.231 e. The summed E-state index contributed by atoms with van der Waals surface area (Å²) >= 11 is 0. The maximum atomic E-state index is 9.23. The van der Waals surface area contributed by atoms with E-state index in [2.05, 4.69) is 10.1 Å². The molecule has 0 fully saturated rings. The molecule has 0 amide bonds. The molecule has 18 heavy (non-hydrogen) atoms. The molecule has 0 radical (unpaired) electrons. The molecule has 1 aromatic carbocycles. The van der Waals surface area contributed by atoms with Gasteiger partial charge in [-0.1, -0.05) is 17.3 Å². The molecule has 2 rings (SSSR count). The summed E-state index contributed by atoms with van der Waals surface area (Å²) in [6.45, 7) is 1.69. The summed E-state index contributed by atoms with van der Waals surface area (Å²) < 4.78 is 10.3. The number of aliphatic hydroxyl groups excluding tert-OH is 1. The first-order valence-corrected chi connectivity index (χ1v) is 5.80. The standard InChI is InChI=1S/C13H16N2O3/c1-9(16)6-12-14-13(18-15-12)8-10-4-3-5-11(7-10)17-2/h3-5,7,9,16H,6,8H2,1-2H3. The van der Waals surface area contributed by atoms with Crippen LogP contribution in [0.2, 0.25) is 0 Å². The second-order valence-electron chi connectivity index (χ2n) is 4.19. The van der Waals surface area contributed by atoms with Crippen molar-refractivity contribution >= 4 is 0 Å². The van der Waals surface area contributed by atoms with E-state index in [-0.39, 0.29) is 0 Å². The molecule has 0 bridgehead atoms. The molecule has 5 heteroatoms. The van der Waals surface area contributed by atoms with Crippen LogP contribution in [0.1, 0.15) is 24.2 Å². The Labute approximate surface area is 105 Å². The normalized spacial score (nSPS) is 12.4. The summed E-state index contributed by atoms with van der Waals surface area (Å²) in [4.78, 5) is 4.22. The monoisotopic (exact) mass is 248 g/mol. The van der Waals surface area contributed by atoms with Gasteiger partial charge in [-0.15, -0.1) is 0 Å². The van der Waals surface area contributed by atoms with Crippen molar-refractivity contribution in [2.24, 2.45) is 0 Å². The summed E-state index contributed by atoms with van der Waals surface area (Å²) in [5, 5.41) is 13.1. The van der Waals surface area contributed by atoms with Gasteiger partial charge in [0.05, 0.1) is 19.6 Å². The van der Waals surface area contributed by atoms with E-state index in [1.165, 1.54) is 0 Å². The molecule has 1 unspecified atom stereocenters. The first kappa shape index (κ1) is 12.6. The Bertz CT molecular complexity index is 508. The minimum Gasteiger partial charge on any atom is -0.497 e. The van der Waals surface area contributed by atoms with Crippen LogP contribution in [0.4, 0.5) is 0 Å². The average Bonchev–Trinajstić information content (AvgIpc) is 2.76. The van der Waals surface area contributed by atoms with Crippen molar-refractivity contribution < 1.29 is 14.4 Å². The lowest BCUT2D eigenvalue weighted by Gasteiger charge is -2.01. The van der Waals surface area contributed by atoms with Crippen LogP contribution >= 0.6 is 0 Å². The van der Waals surface area contributed by atoms with Gasteiger partial charge >= 0.3 is 0 Å². The van der Waals surface area contributed by atoms with Crippen LogP contribution in [-0.2, 0) is 12.8 Å². The van der Waals surface area contributed by atoms with Gasteiger partial charge in [-0.2, -0.15) is 4.98 Å². The van der Waals surface area contributed by atoms with Gasteiger partial charge < -0.3 is 14.4 Å². The summed E-state index contributed by atoms with van der Waals surface area (Å²) in [5.41, 5.74) is 1.04. The largest absolute Gasteiger partial charge is 0.497 e. The fourth-order valence-electron chi connectivity index (χ4n) is 1.67. The number of ether oxygens (including phenoxy) is 1. The van der Waals surface area contributed by atoms with Crippen molar-refractivity contribution in [2.75, 3.05) is 7.11 Å². The van der Waals surface area contributed by atoms with Crippen molar-refractivity contribution in [3.63, 3.8) is 0 Å². The van der Waals surface area contributed by atoms with Crippen LogP contribution in [-0.4, -0.2) is 28.5 Å². The van der Waals surface area contributed by atoms with E-state index < -0.39 is 6.10 Å². The van der Waals surface area contributed by atoms with Crippen molar-refractivity contribution in [2.45, 2.75) is 25.9 Å². The minimum absolute atomic E-state index is 0.404. The Morgan fingerprint density at radius 1 is 1.44 bits per heavy atom. The van der Waals surface area contributed by atoms with Gasteiger partial charge in [-0.3, -0.25) is 0 Å². The first-order valence-electron chi connectivity index (χ1n) is 5.80. The van der Waals surface area contributed by atoms with E-state index in [4.69, 9.17) is 9.26 Å². The van der Waals surface area contributed by atoms with Gasteiger partial charge in [0.2, 0.25) is 5.89 Å². The van der Waals surface area contributed by atoms with Gasteiger partial charge in [0, 0.05) is 6.42 Å². The minimum atomic E-state index is -0.465. The molecule has 1 aromatic heterocycles. The third kappa shape index (κ3) is 3.30. The molecule has 5 nitrogen and oxygen atoms in total. The van der Waals surface area contributed by atoms with E-state index in [1.54, 1.807) is 14.0 Å². The van der Waals surface area contributed by atoms with E-state index in [0.717, 1.165) is 11.3 Å². The van der Waals surface area contributed by atoms with Gasteiger partial charge in [0.1, 0.15) is 5.75 Å². The Morgan fingerprint density at radius 2 is 2.28 bits per heavy atom. The number of rotatable bonds is 5. The molecule has 1 N–H and O–H groups in total. The average molecular weight is 248 g/mol. The second-order valence-corrected chi connectivity index (χ2v) is 4.19. The highest BCUT2D eigenvalue weighted by atomic mass is 16.5. The molecule has 0 spiro atoms. The topological polar surface area (TPSA) is 68.4 Å². The van der Waals surface area contributed by atoms with E-state index >= 15 is 0 Å². The summed E-state index contributed by atoms with van der Waals surface area (Å²) in [5.74, 6) is 1.87. The van der Waals surface area contributed by atoms with Crippen LogP contribution < -0.4 is 4.74 Å². The molecule has 1 heterocycles. The molecule has 0 saturated carbocycles. The molecule has 0 aliphatic rings. The lowest BCUT2D eigenvalue weighted by molar-refractivity contribution is 0.191. The first-order chi connectivity index (χ1) is 8.67. The highest BCUT2D eigenvalue weighted by molar-refractivity contribution is 5.29. The van der Waals surface area contributed by atoms with Crippen molar-refractivity contribution in [1.82, 2.24) is 10.1 Å². The Hall–Kier alpha value is -1.88. The number of nitrogens with zero attached hydrogens (tertiary/aromatic N) is 2. The SMILES string of the molecule is COc1cccc(Cc2nc(CC(C)O)no2)c1. The van der Waals surface area contributed by atoms with Gasteiger partial charge in [-0.05, 0) is 24.6 Å². The van der Waals surface area contributed by atoms with E-state index in [9.17, 15) is 5.11 Å². The van der Waals surface area contributed by atoms with Crippen molar-refractivity contribution in [1.29, 1.82) is 0 Å². The fraction of sp³-hybridized carbons (Fsp3) is 0.385.